The number of benzene rings is 2. The van der Waals surface area contributed by atoms with E-state index in [1.54, 1.807) is 44.4 Å². The number of rotatable bonds is 9. The Morgan fingerprint density at radius 3 is 2.49 bits per heavy atom. The van der Waals surface area contributed by atoms with Gasteiger partial charge in [0.25, 0.3) is 11.7 Å². The Kier molecular flexibility index (Phi) is 7.36. The van der Waals surface area contributed by atoms with Crippen molar-refractivity contribution >= 4 is 17.4 Å². The molecular weight excluding hydrogens is 446 g/mol. The first kappa shape index (κ1) is 24.3. The van der Waals surface area contributed by atoms with Crippen molar-refractivity contribution in [3.05, 3.63) is 94.4 Å². The Morgan fingerprint density at radius 1 is 1.06 bits per heavy atom. The third-order valence-electron chi connectivity index (χ3n) is 6.00. The van der Waals surface area contributed by atoms with E-state index in [1.807, 2.05) is 37.3 Å². The summed E-state index contributed by atoms with van der Waals surface area (Å²) in [7, 11) is 1.58. The first-order chi connectivity index (χ1) is 16.9. The van der Waals surface area contributed by atoms with Crippen LogP contribution in [0.4, 0.5) is 0 Å². The van der Waals surface area contributed by atoms with Gasteiger partial charge in [0.1, 0.15) is 35.7 Å². The van der Waals surface area contributed by atoms with E-state index in [2.05, 4.69) is 0 Å². The van der Waals surface area contributed by atoms with Gasteiger partial charge < -0.3 is 23.9 Å². The normalized spacial score (nSPS) is 17.2. The largest absolute Gasteiger partial charge is 0.507 e. The molecule has 0 spiro atoms. The third kappa shape index (κ3) is 5.15. The van der Waals surface area contributed by atoms with E-state index in [1.165, 1.54) is 4.90 Å². The molecule has 4 rings (SSSR count). The van der Waals surface area contributed by atoms with E-state index in [0.717, 1.165) is 11.1 Å². The molecule has 1 atom stereocenters. The van der Waals surface area contributed by atoms with Crippen molar-refractivity contribution in [3.8, 4) is 5.75 Å². The molecule has 1 N–H and O–H groups in total. The zero-order valence-electron chi connectivity index (χ0n) is 20.1. The fraction of sp³-hybridized carbons (Fsp3) is 0.286. The van der Waals surface area contributed by atoms with Gasteiger partial charge in [-0.05, 0) is 61.7 Å². The molecule has 1 amide bonds. The van der Waals surface area contributed by atoms with Crippen LogP contribution >= 0.6 is 0 Å². The highest BCUT2D eigenvalue weighted by molar-refractivity contribution is 6.46. The summed E-state index contributed by atoms with van der Waals surface area (Å²) in [5.41, 5.74) is 2.28. The minimum atomic E-state index is -0.810. The molecule has 0 radical (unpaired) electrons. The number of carbonyl (C=O) groups excluding carboxylic acids is 2. The van der Waals surface area contributed by atoms with E-state index in [0.29, 0.717) is 49.0 Å². The number of ether oxygens (including phenoxy) is 2. The SMILES string of the molecule is COCCCN1C(=O)C(=O)/C(=C(\O)c2ccc(OCc3ccccc3)c(C)c2)C1c1ccc(C)o1. The maximum absolute atomic E-state index is 13.1. The monoisotopic (exact) mass is 475 g/mol. The highest BCUT2D eigenvalue weighted by Crippen LogP contribution is 2.40. The summed E-state index contributed by atoms with van der Waals surface area (Å²) < 4.78 is 16.8. The molecule has 1 unspecified atom stereocenters. The van der Waals surface area contributed by atoms with Crippen LogP contribution in [0.3, 0.4) is 0 Å². The van der Waals surface area contributed by atoms with E-state index in [9.17, 15) is 14.7 Å². The van der Waals surface area contributed by atoms with Gasteiger partial charge in [-0.1, -0.05) is 30.3 Å². The number of nitrogens with zero attached hydrogens (tertiary/aromatic N) is 1. The van der Waals surface area contributed by atoms with Gasteiger partial charge in [-0.2, -0.15) is 0 Å². The van der Waals surface area contributed by atoms with Crippen molar-refractivity contribution in [1.82, 2.24) is 4.90 Å². The highest BCUT2D eigenvalue weighted by Gasteiger charge is 2.47. The Bertz CT molecular complexity index is 1240. The summed E-state index contributed by atoms with van der Waals surface area (Å²) in [5.74, 6) is 0.110. The number of amides is 1. The van der Waals surface area contributed by atoms with Crippen molar-refractivity contribution in [2.75, 3.05) is 20.3 Å². The lowest BCUT2D eigenvalue weighted by molar-refractivity contribution is -0.140. The van der Waals surface area contributed by atoms with Gasteiger partial charge in [-0.25, -0.2) is 0 Å². The Labute approximate surface area is 204 Å². The van der Waals surface area contributed by atoms with Crippen LogP contribution in [0.15, 0.2) is 70.7 Å². The summed E-state index contributed by atoms with van der Waals surface area (Å²) in [4.78, 5) is 27.4. The number of methoxy groups -OCH3 is 1. The molecule has 1 aromatic heterocycles. The molecule has 3 aromatic rings. The van der Waals surface area contributed by atoms with Crippen LogP contribution in [0.1, 0.15) is 40.7 Å². The topological polar surface area (TPSA) is 89.2 Å². The molecule has 1 aliphatic rings. The molecule has 0 aliphatic carbocycles. The predicted octanol–water partition coefficient (Wildman–Crippen LogP) is 4.93. The van der Waals surface area contributed by atoms with Crippen molar-refractivity contribution in [2.45, 2.75) is 32.9 Å². The fourth-order valence-electron chi connectivity index (χ4n) is 4.24. The molecular formula is C28H29NO6. The average molecular weight is 476 g/mol. The summed E-state index contributed by atoms with van der Waals surface area (Å²) in [6.45, 7) is 4.81. The van der Waals surface area contributed by atoms with Gasteiger partial charge in [0.15, 0.2) is 0 Å². The quantitative estimate of drug-likeness (QED) is 0.204. The number of ketones is 1. The number of aliphatic hydroxyl groups excluding tert-OH is 1. The van der Waals surface area contributed by atoms with Gasteiger partial charge in [-0.15, -0.1) is 0 Å². The minimum Gasteiger partial charge on any atom is -0.507 e. The lowest BCUT2D eigenvalue weighted by Gasteiger charge is -2.23. The molecule has 1 saturated heterocycles. The second-order valence-electron chi connectivity index (χ2n) is 8.54. The third-order valence-corrected chi connectivity index (χ3v) is 6.00. The highest BCUT2D eigenvalue weighted by atomic mass is 16.5. The number of hydrogen-bond donors (Lipinski definition) is 1. The first-order valence-electron chi connectivity index (χ1n) is 11.5. The van der Waals surface area contributed by atoms with Gasteiger partial charge in [0.05, 0.1) is 5.57 Å². The van der Waals surface area contributed by atoms with Gasteiger partial charge in [0.2, 0.25) is 0 Å². The molecule has 7 nitrogen and oxygen atoms in total. The standard InChI is InChI=1S/C28H29NO6/c1-18-16-21(11-13-22(18)34-17-20-8-5-4-6-9-20)26(30)24-25(23-12-10-19(2)35-23)29(14-7-15-33-3)28(32)27(24)31/h4-6,8-13,16,25,30H,7,14-15,17H2,1-3H3/b26-24-. The smallest absolute Gasteiger partial charge is 0.295 e. The Balaban J connectivity index is 1.66. The zero-order valence-corrected chi connectivity index (χ0v) is 20.1. The number of Topliss-reactive ketones (excluding diaryl/α,β-unsaturated/α-hetero) is 1. The van der Waals surface area contributed by atoms with Crippen molar-refractivity contribution in [1.29, 1.82) is 0 Å². The maximum atomic E-state index is 13.1. The molecule has 1 aliphatic heterocycles. The lowest BCUT2D eigenvalue weighted by Crippen LogP contribution is -2.31. The molecule has 1 fully saturated rings. The predicted molar refractivity (Wildman–Crippen MR) is 131 cm³/mol. The van der Waals surface area contributed by atoms with Gasteiger partial charge >= 0.3 is 0 Å². The summed E-state index contributed by atoms with van der Waals surface area (Å²) in [6, 6.07) is 17.7. The van der Waals surface area contributed by atoms with Gasteiger partial charge in [0, 0.05) is 25.8 Å². The van der Waals surface area contributed by atoms with Crippen LogP contribution in [0.25, 0.3) is 5.76 Å². The van der Waals surface area contributed by atoms with Crippen LogP contribution in [-0.2, 0) is 20.9 Å². The second kappa shape index (κ2) is 10.6. The first-order valence-corrected chi connectivity index (χ1v) is 11.5. The summed E-state index contributed by atoms with van der Waals surface area (Å²) in [6.07, 6.45) is 0.548. The molecule has 0 saturated carbocycles. The molecule has 7 heteroatoms. The van der Waals surface area contributed by atoms with Crippen LogP contribution in [0, 0.1) is 13.8 Å². The number of aliphatic hydroxyl groups is 1. The summed E-state index contributed by atoms with van der Waals surface area (Å²) in [5, 5.41) is 11.2. The molecule has 2 aromatic carbocycles. The Hall–Kier alpha value is -3.84. The maximum Gasteiger partial charge on any atom is 0.295 e. The van der Waals surface area contributed by atoms with Crippen molar-refractivity contribution in [3.63, 3.8) is 0 Å². The molecule has 0 bridgehead atoms. The number of carbonyl (C=O) groups is 2. The van der Waals surface area contributed by atoms with Crippen molar-refractivity contribution < 1.29 is 28.6 Å². The van der Waals surface area contributed by atoms with E-state index in [4.69, 9.17) is 13.9 Å². The van der Waals surface area contributed by atoms with Crippen LogP contribution in [0.5, 0.6) is 5.75 Å². The number of likely N-dealkylation sites (tertiary alicyclic amines) is 1. The number of hydrogen-bond acceptors (Lipinski definition) is 6. The van der Waals surface area contributed by atoms with E-state index >= 15 is 0 Å². The molecule has 2 heterocycles. The van der Waals surface area contributed by atoms with E-state index < -0.39 is 17.7 Å². The fourth-order valence-corrected chi connectivity index (χ4v) is 4.24. The number of furan rings is 1. The second-order valence-corrected chi connectivity index (χ2v) is 8.54. The van der Waals surface area contributed by atoms with Crippen LogP contribution in [-0.4, -0.2) is 42.0 Å². The molecule has 182 valence electrons. The molecule has 35 heavy (non-hydrogen) atoms. The zero-order chi connectivity index (χ0) is 24.9. The number of aryl methyl sites for hydroxylation is 2. The van der Waals surface area contributed by atoms with Gasteiger partial charge in [-0.3, -0.25) is 9.59 Å². The van der Waals surface area contributed by atoms with E-state index in [-0.39, 0.29) is 11.3 Å². The average Bonchev–Trinajstić information content (AvgIpc) is 3.39. The summed E-state index contributed by atoms with van der Waals surface area (Å²) >= 11 is 0. The minimum absolute atomic E-state index is 0.0131. The Morgan fingerprint density at radius 2 is 1.83 bits per heavy atom. The van der Waals surface area contributed by atoms with Crippen molar-refractivity contribution in [2.24, 2.45) is 0 Å². The van der Waals surface area contributed by atoms with Crippen LogP contribution in [0.2, 0.25) is 0 Å². The van der Waals surface area contributed by atoms with Crippen LogP contribution < -0.4 is 4.74 Å². The lowest BCUT2D eigenvalue weighted by atomic mass is 9.98.